The Morgan fingerprint density at radius 3 is 2.61 bits per heavy atom. The van der Waals surface area contributed by atoms with E-state index in [9.17, 15) is 10.1 Å². The van der Waals surface area contributed by atoms with E-state index in [1.54, 1.807) is 19.3 Å². The van der Waals surface area contributed by atoms with Crippen molar-refractivity contribution < 1.29 is 9.53 Å². The van der Waals surface area contributed by atoms with Crippen molar-refractivity contribution in [2.75, 3.05) is 12.4 Å². The van der Waals surface area contributed by atoms with Gasteiger partial charge in [-0.15, -0.1) is 11.8 Å². The Kier molecular flexibility index (Phi) is 6.62. The van der Waals surface area contributed by atoms with Crippen molar-refractivity contribution in [2.45, 2.75) is 19.8 Å². The van der Waals surface area contributed by atoms with Crippen LogP contribution in [0.15, 0.2) is 70.5 Å². The highest BCUT2D eigenvalue weighted by molar-refractivity contribution is 8.03. The van der Waals surface area contributed by atoms with Gasteiger partial charge in [0.25, 0.3) is 0 Å². The van der Waals surface area contributed by atoms with E-state index in [1.807, 2.05) is 49.4 Å². The van der Waals surface area contributed by atoms with E-state index in [1.165, 1.54) is 11.8 Å². The number of aliphatic imine (C=N–C) groups is 1. The summed E-state index contributed by atoms with van der Waals surface area (Å²) >= 11 is 1.51. The molecule has 2 atom stereocenters. The molecule has 28 heavy (non-hydrogen) atoms. The molecule has 3 rings (SSSR count). The van der Waals surface area contributed by atoms with E-state index in [2.05, 4.69) is 11.1 Å². The van der Waals surface area contributed by atoms with Crippen molar-refractivity contribution >= 4 is 23.4 Å². The van der Waals surface area contributed by atoms with Crippen LogP contribution in [0.25, 0.3) is 0 Å². The van der Waals surface area contributed by atoms with Crippen LogP contribution in [0.3, 0.4) is 0 Å². The van der Waals surface area contributed by atoms with E-state index >= 15 is 0 Å². The molecule has 0 radical (unpaired) electrons. The van der Waals surface area contributed by atoms with Crippen LogP contribution in [0, 0.1) is 17.2 Å². The van der Waals surface area contributed by atoms with Gasteiger partial charge in [0.05, 0.1) is 24.0 Å². The smallest absolute Gasteiger partial charge is 0.316 e. The van der Waals surface area contributed by atoms with Crippen molar-refractivity contribution in [1.29, 1.82) is 5.26 Å². The third-order valence-electron chi connectivity index (χ3n) is 4.45. The van der Waals surface area contributed by atoms with Gasteiger partial charge < -0.3 is 4.74 Å². The maximum Gasteiger partial charge on any atom is 0.316 e. The Morgan fingerprint density at radius 2 is 2.00 bits per heavy atom. The molecule has 5 nitrogen and oxygen atoms in total. The van der Waals surface area contributed by atoms with E-state index in [0.29, 0.717) is 16.3 Å². The van der Waals surface area contributed by atoms with Crippen LogP contribution >= 0.6 is 11.8 Å². The number of nitrogens with zero attached hydrogens (tertiary/aromatic N) is 3. The lowest BCUT2D eigenvalue weighted by Gasteiger charge is -2.31. The maximum absolute atomic E-state index is 13.0. The maximum atomic E-state index is 13.0. The second-order valence-electron chi connectivity index (χ2n) is 6.12. The summed E-state index contributed by atoms with van der Waals surface area (Å²) < 4.78 is 5.39. The largest absolute Gasteiger partial charge is 0.465 e. The highest BCUT2D eigenvalue weighted by Gasteiger charge is 2.42. The summed E-state index contributed by atoms with van der Waals surface area (Å²) in [6.45, 7) is 4.05. The first-order valence-electron chi connectivity index (χ1n) is 9.18. The number of allylic oxidation sites excluding steroid dienone is 1. The summed E-state index contributed by atoms with van der Waals surface area (Å²) in [6.07, 6.45) is 3.38. The van der Waals surface area contributed by atoms with E-state index in [-0.39, 0.29) is 12.6 Å². The Bertz CT molecular complexity index is 933. The number of carbonyl (C=O) groups excluding carboxylic acids is 1. The van der Waals surface area contributed by atoms with Crippen molar-refractivity contribution in [3.63, 3.8) is 0 Å². The Morgan fingerprint density at radius 1 is 1.21 bits per heavy atom. The molecule has 0 aliphatic carbocycles. The van der Waals surface area contributed by atoms with Gasteiger partial charge in [-0.2, -0.15) is 5.26 Å². The quantitative estimate of drug-likeness (QED) is 0.685. The topological polar surface area (TPSA) is 75.3 Å². The third kappa shape index (κ3) is 4.00. The van der Waals surface area contributed by atoms with E-state index in [0.717, 1.165) is 16.9 Å². The van der Waals surface area contributed by atoms with Gasteiger partial charge in [-0.25, -0.2) is 4.99 Å². The number of nitriles is 1. The van der Waals surface area contributed by atoms with Crippen LogP contribution < -0.4 is 0 Å². The van der Waals surface area contributed by atoms with Crippen LogP contribution in [-0.2, 0) is 9.53 Å². The van der Waals surface area contributed by atoms with Gasteiger partial charge >= 0.3 is 5.97 Å². The van der Waals surface area contributed by atoms with Crippen LogP contribution in [0.4, 0.5) is 0 Å². The predicted molar refractivity (Wildman–Crippen MR) is 111 cm³/mol. The number of hydrogen-bond acceptors (Lipinski definition) is 6. The van der Waals surface area contributed by atoms with Gasteiger partial charge in [-0.05, 0) is 29.9 Å². The molecule has 0 N–H and O–H groups in total. The van der Waals surface area contributed by atoms with Gasteiger partial charge in [-0.1, -0.05) is 43.3 Å². The van der Waals surface area contributed by atoms with Crippen LogP contribution in [0.2, 0.25) is 0 Å². The molecular weight excluding hydrogens is 370 g/mol. The molecule has 0 fully saturated rings. The fourth-order valence-corrected chi connectivity index (χ4v) is 4.08. The van der Waals surface area contributed by atoms with Gasteiger partial charge in [0.15, 0.2) is 0 Å². The number of hydrogen-bond donors (Lipinski definition) is 0. The van der Waals surface area contributed by atoms with E-state index in [4.69, 9.17) is 9.73 Å². The summed E-state index contributed by atoms with van der Waals surface area (Å²) in [5, 5.41) is 10.6. The summed E-state index contributed by atoms with van der Waals surface area (Å²) in [4.78, 5) is 22.0. The molecule has 1 aliphatic rings. The molecule has 2 aromatic rings. The molecule has 0 bridgehead atoms. The second kappa shape index (κ2) is 9.34. The lowest BCUT2D eigenvalue weighted by Crippen LogP contribution is -2.36. The molecule has 0 saturated carbocycles. The molecule has 1 unspecified atom stereocenters. The summed E-state index contributed by atoms with van der Waals surface area (Å²) in [7, 11) is 0. The normalized spacial score (nSPS) is 19.0. The Hall–Kier alpha value is -2.91. The molecule has 1 aliphatic heterocycles. The van der Waals surface area contributed by atoms with Gasteiger partial charge in [-0.3, -0.25) is 9.78 Å². The average molecular weight is 391 g/mol. The summed E-state index contributed by atoms with van der Waals surface area (Å²) in [5.41, 5.74) is 2.76. The van der Waals surface area contributed by atoms with Gasteiger partial charge in [0.2, 0.25) is 0 Å². The molecule has 0 saturated heterocycles. The predicted octanol–water partition coefficient (Wildman–Crippen LogP) is 4.34. The minimum Gasteiger partial charge on any atom is -0.465 e. The number of carbonyl (C=O) groups is 1. The number of benzene rings is 1. The fraction of sp³-hybridized carbons (Fsp3) is 0.273. The zero-order chi connectivity index (χ0) is 19.9. The zero-order valence-electron chi connectivity index (χ0n) is 15.8. The number of thioether (sulfide) groups is 1. The van der Waals surface area contributed by atoms with Gasteiger partial charge in [0, 0.05) is 18.3 Å². The summed E-state index contributed by atoms with van der Waals surface area (Å²) in [6, 6.07) is 15.6. The van der Waals surface area contributed by atoms with Crippen LogP contribution in [0.1, 0.15) is 30.9 Å². The Balaban J connectivity index is 2.25. The first kappa shape index (κ1) is 19.8. The molecule has 6 heteroatoms. The number of aromatic nitrogens is 1. The van der Waals surface area contributed by atoms with Crippen LogP contribution in [0.5, 0.6) is 0 Å². The molecule has 0 amide bonds. The van der Waals surface area contributed by atoms with Crippen molar-refractivity contribution in [1.82, 2.24) is 4.98 Å². The molecular formula is C22H21N3O2S. The van der Waals surface area contributed by atoms with Crippen LogP contribution in [-0.4, -0.2) is 29.0 Å². The fourth-order valence-electron chi connectivity index (χ4n) is 3.31. The number of pyridine rings is 1. The second-order valence-corrected chi connectivity index (χ2v) is 7.37. The average Bonchev–Trinajstić information content (AvgIpc) is 2.74. The zero-order valence-corrected chi connectivity index (χ0v) is 16.6. The first-order valence-corrected chi connectivity index (χ1v) is 10.2. The number of esters is 1. The highest BCUT2D eigenvalue weighted by Crippen LogP contribution is 2.43. The lowest BCUT2D eigenvalue weighted by atomic mass is 9.76. The minimum atomic E-state index is -0.706. The molecule has 1 aromatic heterocycles. The Labute approximate surface area is 169 Å². The van der Waals surface area contributed by atoms with E-state index < -0.39 is 11.8 Å². The molecule has 142 valence electrons. The highest BCUT2D eigenvalue weighted by atomic mass is 32.2. The first-order chi connectivity index (χ1) is 13.7. The van der Waals surface area contributed by atoms with Crippen molar-refractivity contribution in [3.8, 4) is 6.07 Å². The standard InChI is InChI=1S/C22H21N3O2S/c1-3-27-22(26)19-18(16-11-8-12-24-14-16)17(13-23)21(28-4-2)25-20(19)15-9-6-5-7-10-15/h5-12,14,18-19H,3-4H2,1-2H3/t18-,19?/m1/s1. The lowest BCUT2D eigenvalue weighted by molar-refractivity contribution is -0.145. The summed E-state index contributed by atoms with van der Waals surface area (Å²) in [5.74, 6) is -0.801. The molecule has 1 aromatic carbocycles. The number of ether oxygens (including phenoxy) is 1. The monoisotopic (exact) mass is 391 g/mol. The van der Waals surface area contributed by atoms with Crippen molar-refractivity contribution in [3.05, 3.63) is 76.6 Å². The third-order valence-corrected chi connectivity index (χ3v) is 5.32. The van der Waals surface area contributed by atoms with Gasteiger partial charge in [0.1, 0.15) is 10.9 Å². The SMILES string of the molecule is CCOC(=O)C1C(c2ccccc2)=NC(SCC)=C(C#N)[C@H]1c1cccnc1. The molecule has 2 heterocycles. The molecule has 0 spiro atoms. The number of rotatable bonds is 6. The minimum absolute atomic E-state index is 0.263. The van der Waals surface area contributed by atoms with Crippen molar-refractivity contribution in [2.24, 2.45) is 10.9 Å².